The minimum Gasteiger partial charge on any atom is -0.481 e. The van der Waals surface area contributed by atoms with Crippen LogP contribution in [0.25, 0.3) is 0 Å². The lowest BCUT2D eigenvalue weighted by Gasteiger charge is -2.20. The quantitative estimate of drug-likeness (QED) is 0.520. The maximum atomic E-state index is 12.4. The highest BCUT2D eigenvalue weighted by Gasteiger charge is 2.15. The first-order chi connectivity index (χ1) is 15.0. The van der Waals surface area contributed by atoms with Gasteiger partial charge in [0.25, 0.3) is 5.91 Å². The standard InChI is InChI=1S/C24H29N5O2/c1-5-29(6-2)22-16-17(3)25-24(28-22)27-20-14-12-19(13-15-20)26-23(30)18(4)31-21-10-8-7-9-11-21/h7-16,18H,5-6H2,1-4H3,(H,26,30)(H,25,27,28)/t18-/m1/s1. The van der Waals surface area contributed by atoms with Crippen molar-refractivity contribution in [3.63, 3.8) is 0 Å². The summed E-state index contributed by atoms with van der Waals surface area (Å²) in [6, 6.07) is 18.7. The number of carbonyl (C=O) groups is 1. The number of rotatable bonds is 9. The Balaban J connectivity index is 1.62. The highest BCUT2D eigenvalue weighted by atomic mass is 16.5. The molecule has 2 aromatic carbocycles. The summed E-state index contributed by atoms with van der Waals surface area (Å²) in [4.78, 5) is 23.7. The van der Waals surface area contributed by atoms with E-state index in [1.54, 1.807) is 6.92 Å². The van der Waals surface area contributed by atoms with Gasteiger partial charge in [-0.05, 0) is 64.1 Å². The molecule has 0 spiro atoms. The van der Waals surface area contributed by atoms with Crippen LogP contribution in [0.15, 0.2) is 60.7 Å². The summed E-state index contributed by atoms with van der Waals surface area (Å²) >= 11 is 0. The van der Waals surface area contributed by atoms with Gasteiger partial charge in [-0.1, -0.05) is 18.2 Å². The molecule has 2 N–H and O–H groups in total. The van der Waals surface area contributed by atoms with Gasteiger partial charge >= 0.3 is 0 Å². The van der Waals surface area contributed by atoms with Crippen molar-refractivity contribution in [1.29, 1.82) is 0 Å². The maximum absolute atomic E-state index is 12.4. The molecule has 0 fully saturated rings. The van der Waals surface area contributed by atoms with Crippen molar-refractivity contribution in [1.82, 2.24) is 9.97 Å². The molecule has 7 heteroatoms. The van der Waals surface area contributed by atoms with Crippen LogP contribution in [0.2, 0.25) is 0 Å². The Bertz CT molecular complexity index is 989. The summed E-state index contributed by atoms with van der Waals surface area (Å²) in [5, 5.41) is 6.11. The lowest BCUT2D eigenvalue weighted by Crippen LogP contribution is -2.30. The summed E-state index contributed by atoms with van der Waals surface area (Å²) in [5.41, 5.74) is 2.42. The van der Waals surface area contributed by atoms with E-state index in [-0.39, 0.29) is 5.91 Å². The van der Waals surface area contributed by atoms with Gasteiger partial charge in [0.1, 0.15) is 11.6 Å². The molecule has 0 saturated heterocycles. The molecule has 1 heterocycles. The number of aromatic nitrogens is 2. The van der Waals surface area contributed by atoms with Crippen molar-refractivity contribution >= 4 is 29.0 Å². The zero-order valence-corrected chi connectivity index (χ0v) is 18.4. The molecule has 162 valence electrons. The highest BCUT2D eigenvalue weighted by molar-refractivity contribution is 5.94. The van der Waals surface area contributed by atoms with E-state index in [0.29, 0.717) is 17.4 Å². The van der Waals surface area contributed by atoms with Crippen molar-refractivity contribution in [2.24, 2.45) is 0 Å². The molecule has 0 aliphatic carbocycles. The Labute approximate surface area is 183 Å². The average molecular weight is 420 g/mol. The molecule has 1 aromatic heterocycles. The van der Waals surface area contributed by atoms with Gasteiger partial charge in [-0.25, -0.2) is 4.98 Å². The lowest BCUT2D eigenvalue weighted by atomic mass is 10.2. The summed E-state index contributed by atoms with van der Waals surface area (Å²) in [6.45, 7) is 9.65. The number of aryl methyl sites for hydroxylation is 1. The zero-order valence-electron chi connectivity index (χ0n) is 18.4. The first-order valence-corrected chi connectivity index (χ1v) is 10.5. The van der Waals surface area contributed by atoms with Crippen LogP contribution in [-0.2, 0) is 4.79 Å². The topological polar surface area (TPSA) is 79.4 Å². The van der Waals surface area contributed by atoms with E-state index in [1.807, 2.05) is 67.6 Å². The Morgan fingerprint density at radius 2 is 1.65 bits per heavy atom. The molecular formula is C24H29N5O2. The van der Waals surface area contributed by atoms with Gasteiger partial charge in [0.2, 0.25) is 5.95 Å². The van der Waals surface area contributed by atoms with E-state index in [9.17, 15) is 4.79 Å². The number of nitrogens with zero attached hydrogens (tertiary/aromatic N) is 3. The number of hydrogen-bond acceptors (Lipinski definition) is 6. The molecular weight excluding hydrogens is 390 g/mol. The smallest absolute Gasteiger partial charge is 0.265 e. The van der Waals surface area contributed by atoms with Gasteiger partial charge < -0.3 is 20.3 Å². The molecule has 1 amide bonds. The van der Waals surface area contributed by atoms with Gasteiger partial charge in [0, 0.05) is 36.2 Å². The molecule has 0 unspecified atom stereocenters. The monoisotopic (exact) mass is 419 g/mol. The number of ether oxygens (including phenoxy) is 1. The largest absolute Gasteiger partial charge is 0.481 e. The van der Waals surface area contributed by atoms with E-state index in [4.69, 9.17) is 4.74 Å². The maximum Gasteiger partial charge on any atom is 0.265 e. The van der Waals surface area contributed by atoms with Crippen LogP contribution >= 0.6 is 0 Å². The molecule has 0 bridgehead atoms. The third kappa shape index (κ3) is 6.18. The third-order valence-corrected chi connectivity index (χ3v) is 4.76. The second-order valence-corrected chi connectivity index (χ2v) is 7.13. The average Bonchev–Trinajstić information content (AvgIpc) is 2.76. The van der Waals surface area contributed by atoms with Crippen LogP contribution in [0.4, 0.5) is 23.1 Å². The fraction of sp³-hybridized carbons (Fsp3) is 0.292. The minimum absolute atomic E-state index is 0.213. The van der Waals surface area contributed by atoms with E-state index in [2.05, 4.69) is 39.3 Å². The highest BCUT2D eigenvalue weighted by Crippen LogP contribution is 2.20. The van der Waals surface area contributed by atoms with E-state index in [0.717, 1.165) is 30.3 Å². The SMILES string of the molecule is CCN(CC)c1cc(C)nc(Nc2ccc(NC(=O)[C@@H](C)Oc3ccccc3)cc2)n1. The van der Waals surface area contributed by atoms with Crippen molar-refractivity contribution in [3.8, 4) is 5.75 Å². The van der Waals surface area contributed by atoms with E-state index >= 15 is 0 Å². The van der Waals surface area contributed by atoms with Gasteiger partial charge in [0.15, 0.2) is 6.10 Å². The van der Waals surface area contributed by atoms with Crippen molar-refractivity contribution in [3.05, 3.63) is 66.4 Å². The van der Waals surface area contributed by atoms with Gasteiger partial charge in [-0.15, -0.1) is 0 Å². The summed E-state index contributed by atoms with van der Waals surface area (Å²) < 4.78 is 5.67. The fourth-order valence-electron chi connectivity index (χ4n) is 3.08. The van der Waals surface area contributed by atoms with Crippen LogP contribution in [0, 0.1) is 6.92 Å². The molecule has 3 rings (SSSR count). The number of hydrogen-bond donors (Lipinski definition) is 2. The number of carbonyl (C=O) groups excluding carboxylic acids is 1. The Hall–Kier alpha value is -3.61. The molecule has 31 heavy (non-hydrogen) atoms. The minimum atomic E-state index is -0.612. The molecule has 0 radical (unpaired) electrons. The predicted molar refractivity (Wildman–Crippen MR) is 125 cm³/mol. The molecule has 0 aliphatic heterocycles. The summed E-state index contributed by atoms with van der Waals surface area (Å²) in [5.74, 6) is 1.89. The Morgan fingerprint density at radius 1 is 1.00 bits per heavy atom. The zero-order chi connectivity index (χ0) is 22.2. The third-order valence-electron chi connectivity index (χ3n) is 4.76. The fourth-order valence-corrected chi connectivity index (χ4v) is 3.08. The molecule has 7 nitrogen and oxygen atoms in total. The normalized spacial score (nSPS) is 11.5. The van der Waals surface area contributed by atoms with Crippen LogP contribution in [0.3, 0.4) is 0 Å². The number of anilines is 4. The van der Waals surface area contributed by atoms with Crippen molar-refractivity contribution in [2.75, 3.05) is 28.6 Å². The first-order valence-electron chi connectivity index (χ1n) is 10.5. The Kier molecular flexibility index (Phi) is 7.43. The van der Waals surface area contributed by atoms with Gasteiger partial charge in [-0.2, -0.15) is 4.98 Å². The lowest BCUT2D eigenvalue weighted by molar-refractivity contribution is -0.122. The van der Waals surface area contributed by atoms with Crippen LogP contribution in [0.5, 0.6) is 5.75 Å². The second kappa shape index (κ2) is 10.4. The number of nitrogens with one attached hydrogen (secondary N) is 2. The van der Waals surface area contributed by atoms with Crippen LogP contribution in [-0.4, -0.2) is 35.1 Å². The number of amides is 1. The van der Waals surface area contributed by atoms with E-state index in [1.165, 1.54) is 0 Å². The van der Waals surface area contributed by atoms with Crippen LogP contribution < -0.4 is 20.3 Å². The molecule has 1 atom stereocenters. The van der Waals surface area contributed by atoms with Gasteiger partial charge in [0.05, 0.1) is 0 Å². The van der Waals surface area contributed by atoms with Crippen molar-refractivity contribution in [2.45, 2.75) is 33.8 Å². The number of para-hydroxylation sites is 1. The number of benzene rings is 2. The van der Waals surface area contributed by atoms with E-state index < -0.39 is 6.10 Å². The Morgan fingerprint density at radius 3 is 2.29 bits per heavy atom. The molecule has 0 saturated carbocycles. The second-order valence-electron chi connectivity index (χ2n) is 7.13. The van der Waals surface area contributed by atoms with Crippen molar-refractivity contribution < 1.29 is 9.53 Å². The molecule has 3 aromatic rings. The summed E-state index contributed by atoms with van der Waals surface area (Å²) in [7, 11) is 0. The van der Waals surface area contributed by atoms with Gasteiger partial charge in [-0.3, -0.25) is 4.79 Å². The molecule has 0 aliphatic rings. The first kappa shape index (κ1) is 22.1. The predicted octanol–water partition coefficient (Wildman–Crippen LogP) is 4.78. The van der Waals surface area contributed by atoms with Crippen LogP contribution in [0.1, 0.15) is 26.5 Å². The summed E-state index contributed by atoms with van der Waals surface area (Å²) in [6.07, 6.45) is -0.612.